The Balaban J connectivity index is 2.99. The van der Waals surface area contributed by atoms with Crippen molar-refractivity contribution in [3.8, 4) is 5.75 Å². The van der Waals surface area contributed by atoms with Gasteiger partial charge in [-0.2, -0.15) is 0 Å². The Morgan fingerprint density at radius 1 is 1.00 bits per heavy atom. The lowest BCUT2D eigenvalue weighted by molar-refractivity contribution is 0.458. The Morgan fingerprint density at radius 3 is 2.18 bits per heavy atom. The van der Waals surface area contributed by atoms with Gasteiger partial charge in [-0.1, -0.05) is 33.6 Å². The highest BCUT2D eigenvalue weighted by molar-refractivity contribution is 7.99. The maximum atomic E-state index is 10.2. The molecule has 1 aromatic rings. The Labute approximate surface area is 110 Å². The summed E-state index contributed by atoms with van der Waals surface area (Å²) in [5.74, 6) is 1.63. The van der Waals surface area contributed by atoms with E-state index in [9.17, 15) is 5.11 Å². The lowest BCUT2D eigenvalue weighted by atomic mass is 10.0. The predicted octanol–water partition coefficient (Wildman–Crippen LogP) is 4.80. The Morgan fingerprint density at radius 2 is 1.65 bits per heavy atom. The minimum absolute atomic E-state index is 0.542. The second-order valence-electron chi connectivity index (χ2n) is 4.38. The minimum Gasteiger partial charge on any atom is -0.507 e. The SMILES string of the molecule is CCCCc1cc(SCC)cc(CCC)c1O. The van der Waals surface area contributed by atoms with Gasteiger partial charge in [0.2, 0.25) is 0 Å². The Hall–Kier alpha value is -0.630. The molecule has 0 heterocycles. The monoisotopic (exact) mass is 252 g/mol. The number of thioether (sulfide) groups is 1. The van der Waals surface area contributed by atoms with E-state index in [4.69, 9.17) is 0 Å². The van der Waals surface area contributed by atoms with Crippen LogP contribution < -0.4 is 0 Å². The van der Waals surface area contributed by atoms with Crippen molar-refractivity contribution in [2.45, 2.75) is 57.8 Å². The van der Waals surface area contributed by atoms with Crippen molar-refractivity contribution in [3.05, 3.63) is 23.3 Å². The van der Waals surface area contributed by atoms with E-state index in [0.29, 0.717) is 5.75 Å². The third-order valence-electron chi connectivity index (χ3n) is 2.87. The van der Waals surface area contributed by atoms with Gasteiger partial charge >= 0.3 is 0 Å². The van der Waals surface area contributed by atoms with Gasteiger partial charge in [0.25, 0.3) is 0 Å². The van der Waals surface area contributed by atoms with Crippen LogP contribution in [-0.4, -0.2) is 10.9 Å². The zero-order valence-electron chi connectivity index (χ0n) is 11.3. The van der Waals surface area contributed by atoms with Crippen LogP contribution in [0.5, 0.6) is 5.75 Å². The first-order valence-electron chi connectivity index (χ1n) is 6.70. The first-order chi connectivity index (χ1) is 8.22. The lowest BCUT2D eigenvalue weighted by Gasteiger charge is -2.12. The van der Waals surface area contributed by atoms with Gasteiger partial charge in [0.1, 0.15) is 5.75 Å². The van der Waals surface area contributed by atoms with E-state index in [0.717, 1.165) is 42.6 Å². The third-order valence-corrected chi connectivity index (χ3v) is 3.73. The average Bonchev–Trinajstić information content (AvgIpc) is 2.32. The van der Waals surface area contributed by atoms with Crippen LogP contribution in [0, 0.1) is 0 Å². The molecule has 0 aliphatic carbocycles. The van der Waals surface area contributed by atoms with Crippen molar-refractivity contribution in [2.75, 3.05) is 5.75 Å². The number of unbranched alkanes of at least 4 members (excludes halogenated alkanes) is 1. The van der Waals surface area contributed by atoms with Gasteiger partial charge in [0.05, 0.1) is 0 Å². The number of phenols is 1. The van der Waals surface area contributed by atoms with Crippen LogP contribution in [0.25, 0.3) is 0 Å². The molecule has 0 aliphatic heterocycles. The van der Waals surface area contributed by atoms with Gasteiger partial charge in [0.15, 0.2) is 0 Å². The summed E-state index contributed by atoms with van der Waals surface area (Å²) in [6.45, 7) is 6.52. The van der Waals surface area contributed by atoms with Crippen molar-refractivity contribution >= 4 is 11.8 Å². The third kappa shape index (κ3) is 4.27. The molecule has 1 aromatic carbocycles. The predicted molar refractivity (Wildman–Crippen MR) is 77.1 cm³/mol. The highest BCUT2D eigenvalue weighted by Gasteiger charge is 2.09. The molecule has 1 N–H and O–H groups in total. The van der Waals surface area contributed by atoms with E-state index in [1.807, 2.05) is 11.8 Å². The molecule has 1 nitrogen and oxygen atoms in total. The number of hydrogen-bond donors (Lipinski definition) is 1. The highest BCUT2D eigenvalue weighted by atomic mass is 32.2. The van der Waals surface area contributed by atoms with E-state index < -0.39 is 0 Å². The van der Waals surface area contributed by atoms with Gasteiger partial charge in [-0.15, -0.1) is 11.8 Å². The standard InChI is InChI=1S/C15H24OS/c1-4-7-9-13-11-14(17-6-3)10-12(8-5-2)15(13)16/h10-11,16H,4-9H2,1-3H3. The fourth-order valence-corrected chi connectivity index (χ4v) is 2.78. The average molecular weight is 252 g/mol. The summed E-state index contributed by atoms with van der Waals surface area (Å²) in [6, 6.07) is 4.32. The fraction of sp³-hybridized carbons (Fsp3) is 0.600. The van der Waals surface area contributed by atoms with Crippen LogP contribution in [0.2, 0.25) is 0 Å². The zero-order valence-corrected chi connectivity index (χ0v) is 12.1. The van der Waals surface area contributed by atoms with Crippen LogP contribution in [-0.2, 0) is 12.8 Å². The Bertz CT molecular complexity index is 347. The van der Waals surface area contributed by atoms with E-state index in [1.165, 1.54) is 11.3 Å². The van der Waals surface area contributed by atoms with E-state index in [1.54, 1.807) is 0 Å². The number of aryl methyl sites for hydroxylation is 2. The molecule has 17 heavy (non-hydrogen) atoms. The summed E-state index contributed by atoms with van der Waals surface area (Å²) < 4.78 is 0. The fourth-order valence-electron chi connectivity index (χ4n) is 2.00. The van der Waals surface area contributed by atoms with Crippen molar-refractivity contribution in [2.24, 2.45) is 0 Å². The van der Waals surface area contributed by atoms with E-state index >= 15 is 0 Å². The number of aromatic hydroxyl groups is 1. The molecular weight excluding hydrogens is 228 g/mol. The molecule has 0 saturated heterocycles. The van der Waals surface area contributed by atoms with Gasteiger partial charge in [-0.25, -0.2) is 0 Å². The molecule has 0 aliphatic rings. The molecule has 0 bridgehead atoms. The first-order valence-corrected chi connectivity index (χ1v) is 7.69. The van der Waals surface area contributed by atoms with Crippen molar-refractivity contribution in [3.63, 3.8) is 0 Å². The smallest absolute Gasteiger partial charge is 0.122 e. The molecule has 0 unspecified atom stereocenters. The van der Waals surface area contributed by atoms with E-state index in [-0.39, 0.29) is 0 Å². The van der Waals surface area contributed by atoms with Gasteiger partial charge in [-0.05, 0) is 48.3 Å². The van der Waals surface area contributed by atoms with Crippen LogP contribution >= 0.6 is 11.8 Å². The Kier molecular flexibility index (Phi) is 6.49. The topological polar surface area (TPSA) is 20.2 Å². The molecule has 2 heteroatoms. The molecule has 0 atom stereocenters. The van der Waals surface area contributed by atoms with Crippen LogP contribution in [0.15, 0.2) is 17.0 Å². The number of hydrogen-bond acceptors (Lipinski definition) is 2. The van der Waals surface area contributed by atoms with Gasteiger partial charge in [0, 0.05) is 4.90 Å². The largest absolute Gasteiger partial charge is 0.507 e. The first kappa shape index (κ1) is 14.4. The molecule has 0 amide bonds. The van der Waals surface area contributed by atoms with Crippen LogP contribution in [0.3, 0.4) is 0 Å². The number of phenolic OH excluding ortho intramolecular Hbond substituents is 1. The summed E-state index contributed by atoms with van der Waals surface area (Å²) in [4.78, 5) is 1.31. The number of rotatable bonds is 7. The van der Waals surface area contributed by atoms with Crippen LogP contribution in [0.1, 0.15) is 51.2 Å². The summed E-state index contributed by atoms with van der Waals surface area (Å²) >= 11 is 1.86. The quantitative estimate of drug-likeness (QED) is 0.703. The van der Waals surface area contributed by atoms with Gasteiger partial charge in [-0.3, -0.25) is 0 Å². The van der Waals surface area contributed by atoms with Crippen LogP contribution in [0.4, 0.5) is 0 Å². The lowest BCUT2D eigenvalue weighted by Crippen LogP contribution is -1.93. The second kappa shape index (κ2) is 7.65. The highest BCUT2D eigenvalue weighted by Crippen LogP contribution is 2.31. The van der Waals surface area contributed by atoms with Crippen molar-refractivity contribution in [1.82, 2.24) is 0 Å². The molecule has 0 saturated carbocycles. The summed E-state index contributed by atoms with van der Waals surface area (Å²) in [6.07, 6.45) is 5.38. The maximum absolute atomic E-state index is 10.2. The number of benzene rings is 1. The molecular formula is C15H24OS. The second-order valence-corrected chi connectivity index (χ2v) is 5.71. The van der Waals surface area contributed by atoms with E-state index in [2.05, 4.69) is 32.9 Å². The minimum atomic E-state index is 0.542. The maximum Gasteiger partial charge on any atom is 0.122 e. The molecule has 0 aromatic heterocycles. The molecule has 96 valence electrons. The molecule has 0 spiro atoms. The molecule has 1 rings (SSSR count). The molecule has 0 radical (unpaired) electrons. The summed E-state index contributed by atoms with van der Waals surface area (Å²) in [5.41, 5.74) is 2.26. The summed E-state index contributed by atoms with van der Waals surface area (Å²) in [5, 5.41) is 10.2. The van der Waals surface area contributed by atoms with Gasteiger partial charge < -0.3 is 5.11 Å². The van der Waals surface area contributed by atoms with Crippen molar-refractivity contribution in [1.29, 1.82) is 0 Å². The molecule has 0 fully saturated rings. The summed E-state index contributed by atoms with van der Waals surface area (Å²) in [7, 11) is 0. The normalized spacial score (nSPS) is 10.8. The van der Waals surface area contributed by atoms with Crippen molar-refractivity contribution < 1.29 is 5.11 Å². The zero-order chi connectivity index (χ0) is 12.7.